The maximum absolute atomic E-state index is 12.1. The van der Waals surface area contributed by atoms with Crippen LogP contribution in [0.2, 0.25) is 0 Å². The maximum Gasteiger partial charge on any atom is 0.247 e. The second-order valence-electron chi connectivity index (χ2n) is 4.70. The molecular formula is C15H19NO2. The first-order chi connectivity index (χ1) is 8.72. The molecule has 1 atom stereocenters. The summed E-state index contributed by atoms with van der Waals surface area (Å²) in [6, 6.07) is 9.87. The Morgan fingerprint density at radius 3 is 2.83 bits per heavy atom. The summed E-state index contributed by atoms with van der Waals surface area (Å²) in [6.07, 6.45) is 3.55. The van der Waals surface area contributed by atoms with Crippen LogP contribution in [-0.4, -0.2) is 35.1 Å². The van der Waals surface area contributed by atoms with Crippen LogP contribution in [0.25, 0.3) is 5.57 Å². The predicted molar refractivity (Wildman–Crippen MR) is 71.9 cm³/mol. The molecule has 0 spiro atoms. The molecule has 1 saturated heterocycles. The van der Waals surface area contributed by atoms with Crippen molar-refractivity contribution < 1.29 is 9.90 Å². The van der Waals surface area contributed by atoms with Crippen molar-refractivity contribution in [2.45, 2.75) is 25.8 Å². The number of amides is 1. The topological polar surface area (TPSA) is 40.5 Å². The number of carbonyl (C=O) groups is 1. The van der Waals surface area contributed by atoms with Crippen molar-refractivity contribution in [2.24, 2.45) is 0 Å². The Morgan fingerprint density at radius 1 is 1.44 bits per heavy atom. The molecule has 1 amide bonds. The van der Waals surface area contributed by atoms with Crippen molar-refractivity contribution in [1.29, 1.82) is 0 Å². The van der Waals surface area contributed by atoms with Crippen LogP contribution in [0.4, 0.5) is 0 Å². The van der Waals surface area contributed by atoms with Crippen LogP contribution >= 0.6 is 0 Å². The number of aliphatic hydroxyl groups excluding tert-OH is 1. The van der Waals surface area contributed by atoms with Crippen molar-refractivity contribution in [1.82, 2.24) is 4.90 Å². The molecule has 0 radical (unpaired) electrons. The molecule has 0 bridgehead atoms. The molecule has 1 heterocycles. The summed E-state index contributed by atoms with van der Waals surface area (Å²) in [7, 11) is 0. The van der Waals surface area contributed by atoms with Gasteiger partial charge in [-0.2, -0.15) is 0 Å². The fourth-order valence-corrected chi connectivity index (χ4v) is 2.37. The van der Waals surface area contributed by atoms with Gasteiger partial charge in [-0.25, -0.2) is 0 Å². The normalized spacial score (nSPS) is 20.2. The van der Waals surface area contributed by atoms with Crippen LogP contribution < -0.4 is 0 Å². The van der Waals surface area contributed by atoms with E-state index in [0.717, 1.165) is 30.5 Å². The van der Waals surface area contributed by atoms with Gasteiger partial charge in [0.1, 0.15) is 0 Å². The van der Waals surface area contributed by atoms with E-state index in [0.29, 0.717) is 0 Å². The molecule has 1 aromatic carbocycles. The van der Waals surface area contributed by atoms with Crippen LogP contribution in [-0.2, 0) is 4.79 Å². The number of aliphatic hydroxyl groups is 1. The standard InChI is InChI=1S/C15H19NO2/c1-12(13-6-3-2-4-7-13)10-15(18)16-9-5-8-14(16)11-17/h2-4,6-7,10,14,17H,5,8-9,11H2,1H3/b12-10+/t14-/m1/s1. The summed E-state index contributed by atoms with van der Waals surface area (Å²) < 4.78 is 0. The van der Waals surface area contributed by atoms with E-state index in [1.165, 1.54) is 0 Å². The lowest BCUT2D eigenvalue weighted by Gasteiger charge is -2.21. The first kappa shape index (κ1) is 12.8. The van der Waals surface area contributed by atoms with E-state index in [2.05, 4.69) is 0 Å². The highest BCUT2D eigenvalue weighted by molar-refractivity contribution is 5.95. The Kier molecular flexibility index (Phi) is 4.15. The third kappa shape index (κ3) is 2.79. The number of hydrogen-bond acceptors (Lipinski definition) is 2. The fourth-order valence-electron chi connectivity index (χ4n) is 2.37. The summed E-state index contributed by atoms with van der Waals surface area (Å²) in [6.45, 7) is 2.75. The minimum absolute atomic E-state index is 0.00248. The Bertz CT molecular complexity index is 439. The highest BCUT2D eigenvalue weighted by Gasteiger charge is 2.26. The predicted octanol–water partition coefficient (Wildman–Crippen LogP) is 2.07. The average Bonchev–Trinajstić information content (AvgIpc) is 2.88. The maximum atomic E-state index is 12.1. The number of benzene rings is 1. The molecule has 3 heteroatoms. The van der Waals surface area contributed by atoms with Gasteiger partial charge >= 0.3 is 0 Å². The zero-order chi connectivity index (χ0) is 13.0. The van der Waals surface area contributed by atoms with Crippen molar-refractivity contribution >= 4 is 11.5 Å². The van der Waals surface area contributed by atoms with Crippen LogP contribution in [0.3, 0.4) is 0 Å². The third-order valence-electron chi connectivity index (χ3n) is 3.44. The highest BCUT2D eigenvalue weighted by atomic mass is 16.3. The SMILES string of the molecule is C/C(=C\C(=O)N1CCC[C@@H]1CO)c1ccccc1. The molecule has 2 rings (SSSR count). The Balaban J connectivity index is 2.10. The van der Waals surface area contributed by atoms with Crippen LogP contribution in [0.5, 0.6) is 0 Å². The number of rotatable bonds is 3. The lowest BCUT2D eigenvalue weighted by atomic mass is 10.1. The molecule has 3 nitrogen and oxygen atoms in total. The minimum atomic E-state index is -0.00248. The van der Waals surface area contributed by atoms with E-state index in [4.69, 9.17) is 0 Å². The van der Waals surface area contributed by atoms with Gasteiger partial charge in [0.15, 0.2) is 0 Å². The second kappa shape index (κ2) is 5.83. The molecular weight excluding hydrogens is 226 g/mol. The van der Waals surface area contributed by atoms with E-state index in [1.54, 1.807) is 11.0 Å². The number of nitrogens with zero attached hydrogens (tertiary/aromatic N) is 1. The summed E-state index contributed by atoms with van der Waals surface area (Å²) in [5.41, 5.74) is 2.02. The van der Waals surface area contributed by atoms with E-state index >= 15 is 0 Å². The molecule has 0 saturated carbocycles. The molecule has 0 aromatic heterocycles. The van der Waals surface area contributed by atoms with E-state index < -0.39 is 0 Å². The lowest BCUT2D eigenvalue weighted by molar-refractivity contribution is -0.127. The molecule has 1 aliphatic heterocycles. The zero-order valence-corrected chi connectivity index (χ0v) is 10.7. The first-order valence-electron chi connectivity index (χ1n) is 6.37. The van der Waals surface area contributed by atoms with Gasteiger partial charge in [0.2, 0.25) is 5.91 Å². The number of hydrogen-bond donors (Lipinski definition) is 1. The summed E-state index contributed by atoms with van der Waals surface area (Å²) >= 11 is 0. The zero-order valence-electron chi connectivity index (χ0n) is 10.7. The van der Waals surface area contributed by atoms with Crippen LogP contribution in [0.15, 0.2) is 36.4 Å². The van der Waals surface area contributed by atoms with Crippen molar-refractivity contribution in [3.05, 3.63) is 42.0 Å². The molecule has 0 aliphatic carbocycles. The molecule has 1 N–H and O–H groups in total. The molecule has 18 heavy (non-hydrogen) atoms. The molecule has 96 valence electrons. The summed E-state index contributed by atoms with van der Waals surface area (Å²) in [5.74, 6) is 0.00732. The highest BCUT2D eigenvalue weighted by Crippen LogP contribution is 2.19. The number of allylic oxidation sites excluding steroid dienone is 1. The van der Waals surface area contributed by atoms with Crippen molar-refractivity contribution in [2.75, 3.05) is 13.2 Å². The second-order valence-corrected chi connectivity index (χ2v) is 4.70. The number of likely N-dealkylation sites (tertiary alicyclic amines) is 1. The average molecular weight is 245 g/mol. The first-order valence-corrected chi connectivity index (χ1v) is 6.37. The Labute approximate surface area is 108 Å². The number of carbonyl (C=O) groups excluding carboxylic acids is 1. The fraction of sp³-hybridized carbons (Fsp3) is 0.400. The van der Waals surface area contributed by atoms with Gasteiger partial charge in [0, 0.05) is 12.6 Å². The molecule has 1 fully saturated rings. The largest absolute Gasteiger partial charge is 0.394 e. The lowest BCUT2D eigenvalue weighted by Crippen LogP contribution is -2.36. The third-order valence-corrected chi connectivity index (χ3v) is 3.44. The van der Waals surface area contributed by atoms with Gasteiger partial charge in [-0.1, -0.05) is 30.3 Å². The van der Waals surface area contributed by atoms with Gasteiger partial charge in [-0.3, -0.25) is 4.79 Å². The summed E-state index contributed by atoms with van der Waals surface area (Å²) in [5, 5.41) is 9.22. The van der Waals surface area contributed by atoms with Crippen molar-refractivity contribution in [3.63, 3.8) is 0 Å². The van der Waals surface area contributed by atoms with Gasteiger partial charge in [0.05, 0.1) is 12.6 Å². The van der Waals surface area contributed by atoms with E-state index in [-0.39, 0.29) is 18.6 Å². The van der Waals surface area contributed by atoms with Gasteiger partial charge in [0.25, 0.3) is 0 Å². The smallest absolute Gasteiger partial charge is 0.247 e. The quantitative estimate of drug-likeness (QED) is 0.828. The van der Waals surface area contributed by atoms with Crippen molar-refractivity contribution in [3.8, 4) is 0 Å². The van der Waals surface area contributed by atoms with Gasteiger partial charge in [-0.15, -0.1) is 0 Å². The Hall–Kier alpha value is -1.61. The molecule has 1 aromatic rings. The summed E-state index contributed by atoms with van der Waals surface area (Å²) in [4.78, 5) is 13.9. The molecule has 0 unspecified atom stereocenters. The van der Waals surface area contributed by atoms with Gasteiger partial charge in [-0.05, 0) is 30.9 Å². The van der Waals surface area contributed by atoms with Crippen LogP contribution in [0.1, 0.15) is 25.3 Å². The minimum Gasteiger partial charge on any atom is -0.394 e. The Morgan fingerprint density at radius 2 is 2.17 bits per heavy atom. The van der Waals surface area contributed by atoms with E-state index in [9.17, 15) is 9.90 Å². The van der Waals surface area contributed by atoms with E-state index in [1.807, 2.05) is 37.3 Å². The van der Waals surface area contributed by atoms with Gasteiger partial charge < -0.3 is 10.0 Å². The monoisotopic (exact) mass is 245 g/mol. The molecule has 1 aliphatic rings. The van der Waals surface area contributed by atoms with Crippen LogP contribution in [0, 0.1) is 0 Å².